The fraction of sp³-hybridized carbons (Fsp3) is 0. The van der Waals surface area contributed by atoms with Crippen LogP contribution in [0.3, 0.4) is 0 Å². The first-order valence-electron chi connectivity index (χ1n) is 0.671. The Morgan fingerprint density at radius 2 is 0.625 bits per heavy atom. The standard InChI is InChI=1S/3CN.Na.Zn/c3*1-2;;/q3*-1;+1;+2. The zero-order valence-corrected chi connectivity index (χ0v) is 9.52. The Morgan fingerprint density at radius 3 is 0.625 bits per heavy atom. The van der Waals surface area contributed by atoms with Crippen LogP contribution in [0.15, 0.2) is 0 Å². The minimum Gasteiger partial charge on any atom is -0.512 e. The smallest absolute Gasteiger partial charge is 0.512 e. The molecule has 5 heteroatoms. The van der Waals surface area contributed by atoms with Crippen molar-refractivity contribution in [1.82, 2.24) is 0 Å². The Kier molecular flexibility index (Phi) is 161000. The number of hydrogen-bond acceptors (Lipinski definition) is 3. The van der Waals surface area contributed by atoms with E-state index in [0.717, 1.165) is 0 Å². The molecule has 0 aromatic carbocycles. The zero-order chi connectivity index (χ0) is 6.00. The van der Waals surface area contributed by atoms with Crippen LogP contribution in [0, 0.1) is 35.5 Å². The normalized spacial score (nSPS) is 0.750. The van der Waals surface area contributed by atoms with Gasteiger partial charge < -0.3 is 35.5 Å². The van der Waals surface area contributed by atoms with Crippen molar-refractivity contribution in [3.05, 3.63) is 19.7 Å². The van der Waals surface area contributed by atoms with Crippen molar-refractivity contribution in [1.29, 1.82) is 15.8 Å². The first-order chi connectivity index (χ1) is 3.00. The van der Waals surface area contributed by atoms with Crippen molar-refractivity contribution < 1.29 is 49.0 Å². The Balaban J connectivity index is -0.00000000500. The third-order valence-corrected chi connectivity index (χ3v) is 0. The largest absolute Gasteiger partial charge is 2.00 e. The van der Waals surface area contributed by atoms with Crippen molar-refractivity contribution in [2.75, 3.05) is 0 Å². The summed E-state index contributed by atoms with van der Waals surface area (Å²) in [6.07, 6.45) is 0. The van der Waals surface area contributed by atoms with Gasteiger partial charge in [-0.15, -0.1) is 0 Å². The molecule has 0 aliphatic heterocycles. The summed E-state index contributed by atoms with van der Waals surface area (Å²) < 4.78 is 0. The average molecular weight is 166 g/mol. The maximum Gasteiger partial charge on any atom is 2.00 e. The fourth-order valence-corrected chi connectivity index (χ4v) is 0. The third kappa shape index (κ3) is 18100. The molecule has 0 N–H and O–H groups in total. The van der Waals surface area contributed by atoms with Crippen LogP contribution < -0.4 is 29.6 Å². The third-order valence-electron chi connectivity index (χ3n) is 0. The molecule has 3 nitrogen and oxygen atoms in total. The van der Waals surface area contributed by atoms with Gasteiger partial charge in [0, 0.05) is 0 Å². The second-order valence-corrected chi connectivity index (χ2v) is 0. The summed E-state index contributed by atoms with van der Waals surface area (Å²) in [5.41, 5.74) is 0. The van der Waals surface area contributed by atoms with Crippen molar-refractivity contribution >= 4 is 0 Å². The summed E-state index contributed by atoms with van der Waals surface area (Å²) in [6.45, 7) is 14.2. The van der Waals surface area contributed by atoms with Crippen molar-refractivity contribution in [2.24, 2.45) is 0 Å². The monoisotopic (exact) mass is 165 g/mol. The summed E-state index contributed by atoms with van der Waals surface area (Å²) in [5, 5.41) is 18.8. The maximum absolute atomic E-state index is 6.25. The minimum atomic E-state index is 0. The number of rotatable bonds is 0. The van der Waals surface area contributed by atoms with Gasteiger partial charge in [0.15, 0.2) is 0 Å². The molecule has 0 rings (SSSR count). The second kappa shape index (κ2) is 30200. The van der Waals surface area contributed by atoms with Gasteiger partial charge in [0.25, 0.3) is 0 Å². The van der Waals surface area contributed by atoms with Crippen molar-refractivity contribution in [3.63, 3.8) is 0 Å². The first-order valence-corrected chi connectivity index (χ1v) is 0.671. The van der Waals surface area contributed by atoms with E-state index in [0.29, 0.717) is 0 Å². The average Bonchev–Trinajstić information content (AvgIpc) is 1.81. The van der Waals surface area contributed by atoms with Gasteiger partial charge in [0.1, 0.15) is 0 Å². The van der Waals surface area contributed by atoms with Crippen LogP contribution in [-0.2, 0) is 19.5 Å². The van der Waals surface area contributed by atoms with Crippen LogP contribution in [0.2, 0.25) is 0 Å². The van der Waals surface area contributed by atoms with E-state index in [-0.39, 0.29) is 49.0 Å². The number of hydrogen-bond donors (Lipinski definition) is 0. The predicted octanol–water partition coefficient (Wildman–Crippen LogP) is -2.71. The van der Waals surface area contributed by atoms with Crippen LogP contribution in [0.1, 0.15) is 0 Å². The van der Waals surface area contributed by atoms with Crippen LogP contribution >= 0.6 is 0 Å². The molecule has 0 aliphatic rings. The molecule has 30 valence electrons. The molecule has 0 aromatic heterocycles. The predicted molar refractivity (Wildman–Crippen MR) is 14.9 cm³/mol. The van der Waals surface area contributed by atoms with E-state index in [9.17, 15) is 0 Å². The van der Waals surface area contributed by atoms with Crippen LogP contribution in [0.4, 0.5) is 0 Å². The van der Waals surface area contributed by atoms with Gasteiger partial charge in [-0.05, 0) is 0 Å². The molecule has 0 aliphatic carbocycles. The van der Waals surface area contributed by atoms with Gasteiger partial charge in [-0.1, -0.05) is 0 Å². The molecule has 0 bridgehead atoms. The molecule has 8 heavy (non-hydrogen) atoms. The van der Waals surface area contributed by atoms with Gasteiger partial charge in [-0.2, -0.15) is 0 Å². The van der Waals surface area contributed by atoms with Gasteiger partial charge in [0.2, 0.25) is 0 Å². The molecule has 0 amide bonds. The Labute approximate surface area is 84.0 Å². The topological polar surface area (TPSA) is 71.4 Å². The summed E-state index contributed by atoms with van der Waals surface area (Å²) >= 11 is 0. The quantitative estimate of drug-likeness (QED) is 0.290. The van der Waals surface area contributed by atoms with Crippen molar-refractivity contribution in [2.45, 2.75) is 0 Å². The molecule has 0 saturated carbocycles. The molecule has 0 heterocycles. The summed E-state index contributed by atoms with van der Waals surface area (Å²) in [6, 6.07) is 0. The molecular formula is C3N3NaZn. The Morgan fingerprint density at radius 1 is 0.625 bits per heavy atom. The van der Waals surface area contributed by atoms with Crippen LogP contribution in [0.25, 0.3) is 0 Å². The van der Waals surface area contributed by atoms with Crippen LogP contribution in [0.5, 0.6) is 0 Å². The molecule has 0 atom stereocenters. The van der Waals surface area contributed by atoms with E-state index in [1.807, 2.05) is 0 Å². The molecule has 0 unspecified atom stereocenters. The maximum atomic E-state index is 6.25. The van der Waals surface area contributed by atoms with Gasteiger partial charge >= 0.3 is 49.0 Å². The van der Waals surface area contributed by atoms with E-state index >= 15 is 0 Å². The van der Waals surface area contributed by atoms with Gasteiger partial charge in [0.05, 0.1) is 0 Å². The van der Waals surface area contributed by atoms with E-state index in [4.69, 9.17) is 35.5 Å². The fourth-order valence-electron chi connectivity index (χ4n) is 0. The van der Waals surface area contributed by atoms with Crippen molar-refractivity contribution in [3.8, 4) is 0 Å². The second-order valence-electron chi connectivity index (χ2n) is 0. The van der Waals surface area contributed by atoms with E-state index < -0.39 is 0 Å². The van der Waals surface area contributed by atoms with Gasteiger partial charge in [-0.25, -0.2) is 0 Å². The van der Waals surface area contributed by atoms with Gasteiger partial charge in [-0.3, -0.25) is 0 Å². The molecule has 0 saturated heterocycles. The number of nitrogens with zero attached hydrogens (tertiary/aromatic N) is 3. The summed E-state index contributed by atoms with van der Waals surface area (Å²) in [5.74, 6) is 0. The molecule has 0 fully saturated rings. The molecular weight excluding hydrogens is 166 g/mol. The Bertz CT molecular complexity index is 43.0. The molecule has 0 aromatic rings. The van der Waals surface area contributed by atoms with E-state index in [1.165, 1.54) is 0 Å². The van der Waals surface area contributed by atoms with E-state index in [2.05, 4.69) is 0 Å². The molecule has 0 radical (unpaired) electrons. The summed E-state index contributed by atoms with van der Waals surface area (Å²) in [4.78, 5) is 0. The first kappa shape index (κ1) is 42.6. The minimum absolute atomic E-state index is 0. The van der Waals surface area contributed by atoms with Crippen LogP contribution in [-0.4, -0.2) is 0 Å². The molecule has 0 spiro atoms. The summed E-state index contributed by atoms with van der Waals surface area (Å²) in [7, 11) is 0. The van der Waals surface area contributed by atoms with E-state index in [1.54, 1.807) is 0 Å². The zero-order valence-electron chi connectivity index (χ0n) is 4.55. The SMILES string of the molecule is [C-]#N.[C-]#N.[C-]#N.[Na+].[Zn+2]. The Hall–Kier alpha value is 0.0934.